The molecule has 0 unspecified atom stereocenters. The molecule has 4 aromatic rings. The Morgan fingerprint density at radius 2 is 1.78 bits per heavy atom. The van der Waals surface area contributed by atoms with E-state index in [2.05, 4.69) is 34.2 Å². The highest BCUT2D eigenvalue weighted by atomic mass is 16.5. The largest absolute Gasteiger partial charge is 0.496 e. The summed E-state index contributed by atoms with van der Waals surface area (Å²) in [6.45, 7) is 8.00. The molecule has 0 atom stereocenters. The number of likely N-dealkylation sites (N-methyl/N-ethyl adjacent to an activating group) is 1. The molecule has 260 valence electrons. The number of piperazine rings is 1. The molecule has 11 heteroatoms. The number of benzene rings is 3. The average molecular weight is 669 g/mol. The van der Waals surface area contributed by atoms with E-state index < -0.39 is 0 Å². The Labute approximate surface area is 288 Å². The molecule has 0 saturated carbocycles. The summed E-state index contributed by atoms with van der Waals surface area (Å²) in [6.07, 6.45) is 4.83. The van der Waals surface area contributed by atoms with Crippen molar-refractivity contribution >= 4 is 40.1 Å². The number of methoxy groups -OCH3 is 1. The van der Waals surface area contributed by atoms with Crippen molar-refractivity contribution in [2.24, 2.45) is 0 Å². The fraction of sp³-hybridized carbons (Fsp3) is 0.421. The molecule has 0 spiro atoms. The third-order valence-electron chi connectivity index (χ3n) is 8.92. The second-order valence-corrected chi connectivity index (χ2v) is 12.7. The van der Waals surface area contributed by atoms with E-state index in [0.717, 1.165) is 75.2 Å². The predicted molar refractivity (Wildman–Crippen MR) is 193 cm³/mol. The lowest BCUT2D eigenvalue weighted by molar-refractivity contribution is -0.132. The van der Waals surface area contributed by atoms with E-state index in [4.69, 9.17) is 9.47 Å². The monoisotopic (exact) mass is 668 g/mol. The van der Waals surface area contributed by atoms with Gasteiger partial charge in [-0.3, -0.25) is 14.4 Å². The van der Waals surface area contributed by atoms with Gasteiger partial charge in [0.1, 0.15) is 22.8 Å². The number of aromatic amines is 1. The molecular formula is C38H48N6O5. The number of aromatic nitrogens is 2. The number of carbonyl (C=O) groups excluding carboxylic acids is 3. The summed E-state index contributed by atoms with van der Waals surface area (Å²) < 4.78 is 11.8. The Bertz CT molecular complexity index is 1780. The van der Waals surface area contributed by atoms with Crippen molar-refractivity contribution in [2.45, 2.75) is 52.4 Å². The Balaban J connectivity index is 1.20. The van der Waals surface area contributed by atoms with Gasteiger partial charge in [-0.2, -0.15) is 0 Å². The van der Waals surface area contributed by atoms with E-state index in [-0.39, 0.29) is 23.5 Å². The maximum atomic E-state index is 13.7. The van der Waals surface area contributed by atoms with Crippen LogP contribution in [0.2, 0.25) is 0 Å². The van der Waals surface area contributed by atoms with Gasteiger partial charge in [0.15, 0.2) is 0 Å². The number of hydrogen-bond donors (Lipinski definition) is 2. The lowest BCUT2D eigenvalue weighted by Crippen LogP contribution is -2.47. The van der Waals surface area contributed by atoms with Crippen molar-refractivity contribution in [1.82, 2.24) is 19.8 Å². The Hall–Kier alpha value is -4.90. The zero-order chi connectivity index (χ0) is 34.9. The second kappa shape index (κ2) is 16.5. The Morgan fingerprint density at radius 1 is 0.980 bits per heavy atom. The Kier molecular flexibility index (Phi) is 11.9. The summed E-state index contributed by atoms with van der Waals surface area (Å²) in [5, 5.41) is 2.96. The standard InChI is InChI=1S/C38H48N6O5/c1-6-11-34-39-29-12-10-13-30(36(29)41-34)40-37(46)28-17-16-27(25-32(28)48-5)38(47)43(4)31-18-15-26(2)24-33(31)49-23-9-7-8-14-35(45)44-21-19-42(3)20-22-44/h10,12-13,15-18,24-25H,6-9,11,14,19-23H2,1-5H3,(H,39,41)(H,40,46). The number of para-hydroxylation sites is 1. The van der Waals surface area contributed by atoms with Gasteiger partial charge in [0, 0.05) is 51.6 Å². The van der Waals surface area contributed by atoms with Gasteiger partial charge in [0.2, 0.25) is 5.91 Å². The van der Waals surface area contributed by atoms with E-state index in [1.165, 1.54) is 7.11 Å². The van der Waals surface area contributed by atoms with Gasteiger partial charge >= 0.3 is 0 Å². The zero-order valence-corrected chi connectivity index (χ0v) is 29.3. The van der Waals surface area contributed by atoms with Crippen molar-refractivity contribution in [3.05, 3.63) is 77.1 Å². The van der Waals surface area contributed by atoms with Crippen LogP contribution >= 0.6 is 0 Å². The van der Waals surface area contributed by atoms with Gasteiger partial charge < -0.3 is 34.5 Å². The number of anilines is 2. The lowest BCUT2D eigenvalue weighted by Gasteiger charge is -2.32. The first-order chi connectivity index (χ1) is 23.7. The number of fused-ring (bicyclic) bond motifs is 1. The number of amides is 3. The molecule has 1 saturated heterocycles. The SMILES string of the molecule is CCCc1nc2c(NC(=O)c3ccc(C(=O)N(C)c4ccc(C)cc4OCCCCCC(=O)N4CCN(C)CC4)cc3OC)cccc2[nH]1. The topological polar surface area (TPSA) is 120 Å². The number of H-pyrrole nitrogens is 1. The molecule has 11 nitrogen and oxygen atoms in total. The molecule has 0 radical (unpaired) electrons. The summed E-state index contributed by atoms with van der Waals surface area (Å²) >= 11 is 0. The van der Waals surface area contributed by atoms with Crippen LogP contribution in [-0.2, 0) is 11.2 Å². The van der Waals surface area contributed by atoms with E-state index >= 15 is 0 Å². The van der Waals surface area contributed by atoms with Gasteiger partial charge in [0.25, 0.3) is 11.8 Å². The van der Waals surface area contributed by atoms with Crippen LogP contribution in [-0.4, -0.2) is 91.5 Å². The molecule has 0 aliphatic carbocycles. The van der Waals surface area contributed by atoms with Gasteiger partial charge in [-0.05, 0) is 87.7 Å². The van der Waals surface area contributed by atoms with Crippen molar-refractivity contribution in [3.8, 4) is 11.5 Å². The molecule has 2 N–H and O–H groups in total. The summed E-state index contributed by atoms with van der Waals surface area (Å²) in [5.41, 5.74) is 4.45. The predicted octanol–water partition coefficient (Wildman–Crippen LogP) is 6.07. The van der Waals surface area contributed by atoms with E-state index in [9.17, 15) is 14.4 Å². The van der Waals surface area contributed by atoms with Crippen LogP contribution in [0.1, 0.15) is 71.1 Å². The molecule has 0 bridgehead atoms. The molecule has 3 aromatic carbocycles. The van der Waals surface area contributed by atoms with Crippen LogP contribution in [0.4, 0.5) is 11.4 Å². The quantitative estimate of drug-likeness (QED) is 0.157. The first-order valence-corrected chi connectivity index (χ1v) is 17.1. The van der Waals surface area contributed by atoms with Crippen LogP contribution in [0, 0.1) is 6.92 Å². The van der Waals surface area contributed by atoms with Crippen LogP contribution in [0.15, 0.2) is 54.6 Å². The normalized spacial score (nSPS) is 13.4. The lowest BCUT2D eigenvalue weighted by atomic mass is 10.1. The smallest absolute Gasteiger partial charge is 0.259 e. The third-order valence-corrected chi connectivity index (χ3v) is 8.92. The Morgan fingerprint density at radius 3 is 2.53 bits per heavy atom. The van der Waals surface area contributed by atoms with Crippen LogP contribution < -0.4 is 19.7 Å². The minimum atomic E-state index is -0.366. The number of nitrogens with zero attached hydrogens (tertiary/aromatic N) is 4. The molecular weight excluding hydrogens is 620 g/mol. The number of ether oxygens (including phenoxy) is 2. The van der Waals surface area contributed by atoms with Gasteiger partial charge in [0.05, 0.1) is 36.2 Å². The minimum absolute atomic E-state index is 0.230. The highest BCUT2D eigenvalue weighted by Crippen LogP contribution is 2.31. The first kappa shape index (κ1) is 35.4. The van der Waals surface area contributed by atoms with Crippen LogP contribution in [0.25, 0.3) is 11.0 Å². The molecule has 3 amide bonds. The first-order valence-electron chi connectivity index (χ1n) is 17.1. The van der Waals surface area contributed by atoms with Gasteiger partial charge in [-0.1, -0.05) is 19.1 Å². The summed E-state index contributed by atoms with van der Waals surface area (Å²) in [6, 6.07) is 16.2. The van der Waals surface area contributed by atoms with Crippen molar-refractivity contribution in [1.29, 1.82) is 0 Å². The number of hydrogen-bond acceptors (Lipinski definition) is 7. The number of carbonyl (C=O) groups is 3. The highest BCUT2D eigenvalue weighted by Gasteiger charge is 2.22. The van der Waals surface area contributed by atoms with Gasteiger partial charge in [-0.15, -0.1) is 0 Å². The fourth-order valence-corrected chi connectivity index (χ4v) is 6.01. The highest BCUT2D eigenvalue weighted by molar-refractivity contribution is 6.11. The van der Waals surface area contributed by atoms with Gasteiger partial charge in [-0.25, -0.2) is 4.98 Å². The molecule has 5 rings (SSSR count). The number of nitrogens with one attached hydrogen (secondary N) is 2. The van der Waals surface area contributed by atoms with E-state index in [1.807, 2.05) is 48.2 Å². The zero-order valence-electron chi connectivity index (χ0n) is 29.3. The fourth-order valence-electron chi connectivity index (χ4n) is 6.01. The molecule has 1 fully saturated rings. The summed E-state index contributed by atoms with van der Waals surface area (Å²) in [7, 11) is 5.26. The number of imidazole rings is 1. The van der Waals surface area contributed by atoms with Crippen molar-refractivity contribution in [2.75, 3.05) is 64.2 Å². The molecule has 1 aliphatic rings. The summed E-state index contributed by atoms with van der Waals surface area (Å²) in [5.74, 6) is 1.36. The molecule has 1 aliphatic heterocycles. The number of aryl methyl sites for hydroxylation is 2. The maximum absolute atomic E-state index is 13.7. The van der Waals surface area contributed by atoms with Crippen LogP contribution in [0.5, 0.6) is 11.5 Å². The number of unbranched alkanes of at least 4 members (excludes halogenated alkanes) is 2. The minimum Gasteiger partial charge on any atom is -0.496 e. The maximum Gasteiger partial charge on any atom is 0.259 e. The molecule has 2 heterocycles. The average Bonchev–Trinajstić information content (AvgIpc) is 3.53. The van der Waals surface area contributed by atoms with Crippen molar-refractivity contribution < 1.29 is 23.9 Å². The third kappa shape index (κ3) is 8.77. The van der Waals surface area contributed by atoms with Crippen LogP contribution in [0.3, 0.4) is 0 Å². The van der Waals surface area contributed by atoms with E-state index in [0.29, 0.717) is 46.8 Å². The van der Waals surface area contributed by atoms with Crippen molar-refractivity contribution in [3.63, 3.8) is 0 Å². The molecule has 49 heavy (non-hydrogen) atoms. The van der Waals surface area contributed by atoms with E-state index in [1.54, 1.807) is 30.1 Å². The molecule has 1 aromatic heterocycles. The number of rotatable bonds is 14. The second-order valence-electron chi connectivity index (χ2n) is 12.7. The summed E-state index contributed by atoms with van der Waals surface area (Å²) in [4.78, 5) is 53.4.